The van der Waals surface area contributed by atoms with Gasteiger partial charge in [-0.1, -0.05) is 0 Å². The molecule has 0 fully saturated rings. The number of nitrogens with one attached hydrogen (secondary N) is 2. The second kappa shape index (κ2) is 5.63. The minimum Gasteiger partial charge on any atom is -0.504 e. The molecule has 0 aliphatic rings. The topological polar surface area (TPSA) is 112 Å². The van der Waals surface area contributed by atoms with Gasteiger partial charge in [-0.15, -0.1) is 10.2 Å². The first kappa shape index (κ1) is 12.6. The van der Waals surface area contributed by atoms with Crippen LogP contribution in [0.3, 0.4) is 0 Å². The molecule has 1 heterocycles. The van der Waals surface area contributed by atoms with Gasteiger partial charge in [0, 0.05) is 0 Å². The van der Waals surface area contributed by atoms with E-state index in [9.17, 15) is 9.90 Å². The van der Waals surface area contributed by atoms with Crippen molar-refractivity contribution in [3.8, 4) is 11.5 Å². The number of benzene rings is 1. The summed E-state index contributed by atoms with van der Waals surface area (Å²) in [6, 6.07) is 4.76. The number of rotatable bonds is 4. The first-order valence-electron chi connectivity index (χ1n) is 5.27. The van der Waals surface area contributed by atoms with Crippen molar-refractivity contribution < 1.29 is 9.84 Å². The minimum absolute atomic E-state index is 0.0471. The molecule has 1 aromatic heterocycles. The van der Waals surface area contributed by atoms with Crippen molar-refractivity contribution in [2.24, 2.45) is 5.10 Å². The van der Waals surface area contributed by atoms with Crippen LogP contribution in [0.1, 0.15) is 5.56 Å². The summed E-state index contributed by atoms with van der Waals surface area (Å²) in [5.74, 6) is 0.525. The molecule has 0 amide bonds. The van der Waals surface area contributed by atoms with Crippen molar-refractivity contribution in [3.05, 3.63) is 40.3 Å². The third-order valence-electron chi connectivity index (χ3n) is 2.16. The molecular weight excluding hydrogens is 250 g/mol. The van der Waals surface area contributed by atoms with Gasteiger partial charge in [0.2, 0.25) is 5.95 Å². The fourth-order valence-corrected chi connectivity index (χ4v) is 1.31. The first-order chi connectivity index (χ1) is 9.19. The van der Waals surface area contributed by atoms with Gasteiger partial charge in [-0.05, 0) is 23.8 Å². The molecule has 0 saturated carbocycles. The van der Waals surface area contributed by atoms with Crippen LogP contribution in [0.5, 0.6) is 11.5 Å². The third-order valence-corrected chi connectivity index (χ3v) is 2.16. The summed E-state index contributed by atoms with van der Waals surface area (Å²) >= 11 is 0. The Bertz CT molecular complexity index is 653. The Labute approximate surface area is 107 Å². The maximum atomic E-state index is 11.0. The van der Waals surface area contributed by atoms with Crippen molar-refractivity contribution in [2.45, 2.75) is 0 Å². The lowest BCUT2D eigenvalue weighted by Crippen LogP contribution is -2.10. The van der Waals surface area contributed by atoms with Crippen LogP contribution in [0.2, 0.25) is 0 Å². The van der Waals surface area contributed by atoms with Crippen LogP contribution >= 0.6 is 0 Å². The zero-order valence-electron chi connectivity index (χ0n) is 9.99. The summed E-state index contributed by atoms with van der Waals surface area (Å²) in [5.41, 5.74) is 2.85. The summed E-state index contributed by atoms with van der Waals surface area (Å²) in [6.07, 6.45) is 2.54. The number of phenols is 1. The molecule has 2 aromatic rings. The van der Waals surface area contributed by atoms with Gasteiger partial charge in [0.25, 0.3) is 5.56 Å². The number of H-pyrrole nitrogens is 1. The van der Waals surface area contributed by atoms with Crippen LogP contribution in [0.25, 0.3) is 0 Å². The summed E-state index contributed by atoms with van der Waals surface area (Å²) in [5, 5.41) is 20.4. The Morgan fingerprint density at radius 3 is 3.11 bits per heavy atom. The van der Waals surface area contributed by atoms with Gasteiger partial charge >= 0.3 is 0 Å². The van der Waals surface area contributed by atoms with Gasteiger partial charge in [-0.3, -0.25) is 9.78 Å². The Hall–Kier alpha value is -2.90. The second-order valence-electron chi connectivity index (χ2n) is 3.48. The quantitative estimate of drug-likeness (QED) is 0.540. The molecule has 2 rings (SSSR count). The average Bonchev–Trinajstić information content (AvgIpc) is 2.41. The maximum Gasteiger partial charge on any atom is 0.271 e. The summed E-state index contributed by atoms with van der Waals surface area (Å²) in [6.45, 7) is 0. The van der Waals surface area contributed by atoms with E-state index < -0.39 is 0 Å². The zero-order valence-corrected chi connectivity index (χ0v) is 9.99. The Morgan fingerprint density at radius 1 is 1.53 bits per heavy atom. The Morgan fingerprint density at radius 2 is 2.37 bits per heavy atom. The van der Waals surface area contributed by atoms with Crippen LogP contribution in [0.15, 0.2) is 34.3 Å². The van der Waals surface area contributed by atoms with Crippen molar-refractivity contribution >= 4 is 12.2 Å². The molecule has 98 valence electrons. The molecule has 0 atom stereocenters. The zero-order chi connectivity index (χ0) is 13.7. The predicted octanol–water partition coefficient (Wildman–Crippen LogP) is 0.325. The lowest BCUT2D eigenvalue weighted by molar-refractivity contribution is 0.373. The number of ether oxygens (including phenoxy) is 1. The molecule has 0 saturated heterocycles. The molecule has 0 unspecified atom stereocenters. The van der Waals surface area contributed by atoms with Gasteiger partial charge in [-0.25, -0.2) is 5.43 Å². The molecule has 3 N–H and O–H groups in total. The number of aromatic hydroxyl groups is 1. The fourth-order valence-electron chi connectivity index (χ4n) is 1.31. The lowest BCUT2D eigenvalue weighted by Gasteiger charge is -2.03. The highest BCUT2D eigenvalue weighted by Crippen LogP contribution is 2.25. The van der Waals surface area contributed by atoms with E-state index in [1.807, 2.05) is 0 Å². The van der Waals surface area contributed by atoms with E-state index in [1.54, 1.807) is 12.1 Å². The van der Waals surface area contributed by atoms with Gasteiger partial charge < -0.3 is 9.84 Å². The molecule has 0 aliphatic carbocycles. The minimum atomic E-state index is -0.376. The SMILES string of the molecule is COc1cc(/C=N\Nc2nncc(=O)[nH]2)ccc1O. The number of phenolic OH excluding ortho intramolecular Hbond substituents is 1. The smallest absolute Gasteiger partial charge is 0.271 e. The van der Waals surface area contributed by atoms with Crippen LogP contribution in [0.4, 0.5) is 5.95 Å². The third kappa shape index (κ3) is 3.28. The van der Waals surface area contributed by atoms with Crippen LogP contribution < -0.4 is 15.7 Å². The molecule has 0 radical (unpaired) electrons. The van der Waals surface area contributed by atoms with Crippen molar-refractivity contribution in [1.82, 2.24) is 15.2 Å². The highest BCUT2D eigenvalue weighted by Gasteiger charge is 2.00. The number of aromatic nitrogens is 3. The molecule has 0 spiro atoms. The molecule has 0 aliphatic heterocycles. The predicted molar refractivity (Wildman–Crippen MR) is 68.5 cm³/mol. The Balaban J connectivity index is 2.09. The molecule has 8 nitrogen and oxygen atoms in total. The van der Waals surface area contributed by atoms with Crippen molar-refractivity contribution in [3.63, 3.8) is 0 Å². The number of hydrogen-bond donors (Lipinski definition) is 3. The molecule has 1 aromatic carbocycles. The van der Waals surface area contributed by atoms with E-state index in [0.717, 1.165) is 6.20 Å². The second-order valence-corrected chi connectivity index (χ2v) is 3.48. The molecule has 0 bridgehead atoms. The van der Waals surface area contributed by atoms with Gasteiger partial charge in [-0.2, -0.15) is 5.10 Å². The highest BCUT2D eigenvalue weighted by molar-refractivity contribution is 5.81. The van der Waals surface area contributed by atoms with Crippen LogP contribution in [0, 0.1) is 0 Å². The fraction of sp³-hybridized carbons (Fsp3) is 0.0909. The van der Waals surface area contributed by atoms with Crippen LogP contribution in [-0.4, -0.2) is 33.6 Å². The van der Waals surface area contributed by atoms with Crippen molar-refractivity contribution in [2.75, 3.05) is 12.5 Å². The molecular formula is C11H11N5O3. The number of methoxy groups -OCH3 is 1. The van der Waals surface area contributed by atoms with Gasteiger partial charge in [0.1, 0.15) is 6.20 Å². The number of aromatic amines is 1. The summed E-state index contributed by atoms with van der Waals surface area (Å²) in [4.78, 5) is 13.4. The molecule has 8 heteroatoms. The van der Waals surface area contributed by atoms with E-state index >= 15 is 0 Å². The van der Waals surface area contributed by atoms with E-state index in [2.05, 4.69) is 25.7 Å². The monoisotopic (exact) mass is 261 g/mol. The summed E-state index contributed by atoms with van der Waals surface area (Å²) in [7, 11) is 1.46. The standard InChI is InChI=1S/C11H11N5O3/c1-19-9-4-7(2-3-8(9)17)5-12-15-11-14-10(18)6-13-16-11/h2-6,17H,1H3,(H2,14,15,16,18)/b12-5-. The summed E-state index contributed by atoms with van der Waals surface area (Å²) < 4.78 is 4.96. The maximum absolute atomic E-state index is 11.0. The first-order valence-corrected chi connectivity index (χ1v) is 5.27. The van der Waals surface area contributed by atoms with E-state index in [1.165, 1.54) is 19.4 Å². The van der Waals surface area contributed by atoms with Crippen molar-refractivity contribution in [1.29, 1.82) is 0 Å². The Kier molecular flexibility index (Phi) is 3.72. The average molecular weight is 261 g/mol. The van der Waals surface area contributed by atoms with E-state index in [-0.39, 0.29) is 17.3 Å². The van der Waals surface area contributed by atoms with Crippen LogP contribution in [-0.2, 0) is 0 Å². The lowest BCUT2D eigenvalue weighted by atomic mass is 10.2. The normalized spacial score (nSPS) is 10.6. The van der Waals surface area contributed by atoms with E-state index in [0.29, 0.717) is 11.3 Å². The number of hydrazone groups is 1. The van der Waals surface area contributed by atoms with Gasteiger partial charge in [0.15, 0.2) is 11.5 Å². The largest absolute Gasteiger partial charge is 0.504 e. The highest BCUT2D eigenvalue weighted by atomic mass is 16.5. The number of hydrogen-bond acceptors (Lipinski definition) is 7. The van der Waals surface area contributed by atoms with Gasteiger partial charge in [0.05, 0.1) is 13.3 Å². The number of nitrogens with zero attached hydrogens (tertiary/aromatic N) is 3. The van der Waals surface area contributed by atoms with E-state index in [4.69, 9.17) is 4.74 Å². The molecule has 19 heavy (non-hydrogen) atoms. The number of anilines is 1.